The summed E-state index contributed by atoms with van der Waals surface area (Å²) in [6, 6.07) is 7.08. The van der Waals surface area contributed by atoms with Gasteiger partial charge in [0.1, 0.15) is 0 Å². The number of carbonyl (C=O) groups is 1. The molecular formula is C16H17ClN6O2. The quantitative estimate of drug-likeness (QED) is 0.766. The predicted octanol–water partition coefficient (Wildman–Crippen LogP) is 3.44. The van der Waals surface area contributed by atoms with Gasteiger partial charge < -0.3 is 10.0 Å². The van der Waals surface area contributed by atoms with Gasteiger partial charge in [-0.2, -0.15) is 0 Å². The first-order valence-corrected chi connectivity index (χ1v) is 7.99. The molecule has 1 amide bonds. The first kappa shape index (κ1) is 17.0. The average Bonchev–Trinajstić information content (AvgIpc) is 2.98. The molecule has 0 atom stereocenters. The molecule has 1 aromatic carbocycles. The van der Waals surface area contributed by atoms with Gasteiger partial charge in [-0.3, -0.25) is 4.40 Å². The third kappa shape index (κ3) is 2.96. The summed E-state index contributed by atoms with van der Waals surface area (Å²) in [5.41, 5.74) is 1.19. The molecule has 0 fully saturated rings. The number of aromatic nitrogens is 4. The molecule has 2 heterocycles. The summed E-state index contributed by atoms with van der Waals surface area (Å²) in [4.78, 5) is 18.9. The Bertz CT molecular complexity index is 926. The highest BCUT2D eigenvalue weighted by Crippen LogP contribution is 2.31. The highest BCUT2D eigenvalue weighted by atomic mass is 35.5. The number of nitrogens with zero attached hydrogens (tertiary/aromatic N) is 6. The summed E-state index contributed by atoms with van der Waals surface area (Å²) in [6.45, 7) is 3.54. The number of amides is 1. The fourth-order valence-electron chi connectivity index (χ4n) is 2.58. The van der Waals surface area contributed by atoms with Gasteiger partial charge in [0, 0.05) is 25.5 Å². The van der Waals surface area contributed by atoms with Crippen molar-refractivity contribution in [1.29, 1.82) is 0 Å². The zero-order valence-corrected chi connectivity index (χ0v) is 14.7. The molecule has 0 aliphatic rings. The van der Waals surface area contributed by atoms with E-state index in [9.17, 15) is 9.90 Å². The van der Waals surface area contributed by atoms with E-state index in [1.165, 1.54) is 0 Å². The van der Waals surface area contributed by atoms with Crippen LogP contribution < -0.4 is 9.80 Å². The number of benzene rings is 1. The number of hydrogen-bond donors (Lipinski definition) is 1. The molecule has 3 rings (SSSR count). The molecule has 8 nitrogen and oxygen atoms in total. The van der Waals surface area contributed by atoms with Crippen molar-refractivity contribution in [1.82, 2.24) is 19.6 Å². The highest BCUT2D eigenvalue weighted by molar-refractivity contribution is 6.33. The molecule has 9 heteroatoms. The minimum atomic E-state index is -1.10. The van der Waals surface area contributed by atoms with Crippen molar-refractivity contribution in [3.8, 4) is 0 Å². The third-order valence-corrected chi connectivity index (χ3v) is 4.08. The summed E-state index contributed by atoms with van der Waals surface area (Å²) in [7, 11) is 1.81. The van der Waals surface area contributed by atoms with Crippen molar-refractivity contribution >= 4 is 40.8 Å². The molecule has 3 aromatic rings. The molecular weight excluding hydrogens is 344 g/mol. The maximum Gasteiger partial charge on any atom is 0.414 e. The Labute approximate surface area is 149 Å². The topological polar surface area (TPSA) is 86.9 Å². The molecule has 0 unspecified atom stereocenters. The third-order valence-electron chi connectivity index (χ3n) is 3.76. The zero-order chi connectivity index (χ0) is 18.1. The van der Waals surface area contributed by atoms with E-state index in [1.54, 1.807) is 41.6 Å². The van der Waals surface area contributed by atoms with Crippen molar-refractivity contribution < 1.29 is 9.90 Å². The number of carboxylic acid groups (broad SMARTS) is 1. The van der Waals surface area contributed by atoms with Gasteiger partial charge in [-0.05, 0) is 26.0 Å². The van der Waals surface area contributed by atoms with E-state index in [2.05, 4.69) is 15.2 Å². The van der Waals surface area contributed by atoms with Crippen LogP contribution in [-0.2, 0) is 0 Å². The number of fused-ring (bicyclic) bond motifs is 1. The SMILES string of the molecule is CC(C)N(C(=O)O)c1nnc2c(N(C)c3ccccc3Cl)nccn12. The molecule has 0 bridgehead atoms. The molecule has 2 aromatic heterocycles. The largest absolute Gasteiger partial charge is 0.465 e. The number of para-hydroxylation sites is 1. The lowest BCUT2D eigenvalue weighted by atomic mass is 10.3. The van der Waals surface area contributed by atoms with E-state index in [0.29, 0.717) is 16.5 Å². The second kappa shape index (κ2) is 6.56. The summed E-state index contributed by atoms with van der Waals surface area (Å²) in [5.74, 6) is 0.733. The summed E-state index contributed by atoms with van der Waals surface area (Å²) in [6.07, 6.45) is 2.11. The van der Waals surface area contributed by atoms with Crippen LogP contribution in [0.25, 0.3) is 5.65 Å². The molecule has 0 saturated heterocycles. The van der Waals surface area contributed by atoms with Gasteiger partial charge in [0.25, 0.3) is 0 Å². The Morgan fingerprint density at radius 1 is 1.28 bits per heavy atom. The van der Waals surface area contributed by atoms with Gasteiger partial charge in [-0.25, -0.2) is 14.7 Å². The van der Waals surface area contributed by atoms with Gasteiger partial charge in [-0.15, -0.1) is 10.2 Å². The van der Waals surface area contributed by atoms with Crippen LogP contribution in [0.1, 0.15) is 13.8 Å². The van der Waals surface area contributed by atoms with Crippen LogP contribution in [-0.4, -0.2) is 43.9 Å². The fourth-order valence-corrected chi connectivity index (χ4v) is 2.84. The molecule has 0 saturated carbocycles. The monoisotopic (exact) mass is 360 g/mol. The van der Waals surface area contributed by atoms with Crippen molar-refractivity contribution in [2.75, 3.05) is 16.8 Å². The van der Waals surface area contributed by atoms with E-state index in [4.69, 9.17) is 11.6 Å². The number of anilines is 3. The van der Waals surface area contributed by atoms with Gasteiger partial charge in [0.15, 0.2) is 5.82 Å². The van der Waals surface area contributed by atoms with E-state index in [0.717, 1.165) is 10.6 Å². The summed E-state index contributed by atoms with van der Waals surface area (Å²) >= 11 is 6.26. The summed E-state index contributed by atoms with van der Waals surface area (Å²) in [5, 5.41) is 18.2. The lowest BCUT2D eigenvalue weighted by molar-refractivity contribution is 0.199. The van der Waals surface area contributed by atoms with Gasteiger partial charge >= 0.3 is 6.09 Å². The van der Waals surface area contributed by atoms with Gasteiger partial charge in [0.2, 0.25) is 11.6 Å². The fraction of sp³-hybridized carbons (Fsp3) is 0.250. The molecule has 0 radical (unpaired) electrons. The van der Waals surface area contributed by atoms with E-state index >= 15 is 0 Å². The maximum atomic E-state index is 11.6. The van der Waals surface area contributed by atoms with Crippen molar-refractivity contribution in [2.24, 2.45) is 0 Å². The van der Waals surface area contributed by atoms with E-state index in [1.807, 2.05) is 25.2 Å². The smallest absolute Gasteiger partial charge is 0.414 e. The molecule has 0 aliphatic carbocycles. The van der Waals surface area contributed by atoms with Crippen molar-refractivity contribution in [2.45, 2.75) is 19.9 Å². The second-order valence-electron chi connectivity index (χ2n) is 5.70. The van der Waals surface area contributed by atoms with Crippen molar-refractivity contribution in [3.63, 3.8) is 0 Å². The minimum Gasteiger partial charge on any atom is -0.465 e. The number of halogens is 1. The van der Waals surface area contributed by atoms with Crippen LogP contribution in [0.4, 0.5) is 22.2 Å². The Morgan fingerprint density at radius 2 is 2.00 bits per heavy atom. The normalized spacial score (nSPS) is 11.1. The second-order valence-corrected chi connectivity index (χ2v) is 6.11. The zero-order valence-electron chi connectivity index (χ0n) is 14.0. The summed E-state index contributed by atoms with van der Waals surface area (Å²) < 4.78 is 1.60. The lowest BCUT2D eigenvalue weighted by Gasteiger charge is -2.22. The Balaban J connectivity index is 2.14. The Morgan fingerprint density at radius 3 is 2.64 bits per heavy atom. The Hall–Kier alpha value is -2.87. The van der Waals surface area contributed by atoms with Gasteiger partial charge in [-0.1, -0.05) is 23.7 Å². The van der Waals surface area contributed by atoms with Crippen LogP contribution in [0, 0.1) is 0 Å². The first-order valence-electron chi connectivity index (χ1n) is 7.62. The van der Waals surface area contributed by atoms with Crippen LogP contribution in [0.3, 0.4) is 0 Å². The number of hydrogen-bond acceptors (Lipinski definition) is 5. The highest BCUT2D eigenvalue weighted by Gasteiger charge is 2.25. The minimum absolute atomic E-state index is 0.216. The van der Waals surface area contributed by atoms with E-state index in [-0.39, 0.29) is 12.0 Å². The molecule has 130 valence electrons. The Kier molecular flexibility index (Phi) is 4.45. The first-order chi connectivity index (χ1) is 11.9. The standard InChI is InChI=1S/C16H17ClN6O2/c1-10(2)23(16(24)25)15-20-19-14-13(18-8-9-22(14)15)21(3)12-7-5-4-6-11(12)17/h4-10H,1-3H3,(H,24,25). The molecule has 25 heavy (non-hydrogen) atoms. The number of rotatable bonds is 4. The predicted molar refractivity (Wildman–Crippen MR) is 95.9 cm³/mol. The van der Waals surface area contributed by atoms with E-state index < -0.39 is 6.09 Å². The maximum absolute atomic E-state index is 11.6. The van der Waals surface area contributed by atoms with Crippen molar-refractivity contribution in [3.05, 3.63) is 41.7 Å². The van der Waals surface area contributed by atoms with Crippen LogP contribution in [0.2, 0.25) is 5.02 Å². The van der Waals surface area contributed by atoms with Crippen LogP contribution in [0.15, 0.2) is 36.7 Å². The molecule has 1 N–H and O–H groups in total. The molecule has 0 aliphatic heterocycles. The average molecular weight is 361 g/mol. The van der Waals surface area contributed by atoms with Crippen LogP contribution >= 0.6 is 11.6 Å². The van der Waals surface area contributed by atoms with Gasteiger partial charge in [0.05, 0.1) is 10.7 Å². The lowest BCUT2D eigenvalue weighted by Crippen LogP contribution is -2.37. The molecule has 0 spiro atoms. The van der Waals surface area contributed by atoms with Crippen LogP contribution in [0.5, 0.6) is 0 Å².